The number of carbonyl (C=O) groups is 4. The molecule has 0 bridgehead atoms. The molecule has 7 N–H and O–H groups in total. The molecule has 156 valence electrons. The smallest absolute Gasteiger partial charge is 0.323 e. The molecule has 0 spiro atoms. The fraction of sp³-hybridized carbons (Fsp3) is 0.412. The lowest BCUT2D eigenvalue weighted by Gasteiger charge is -2.06. The molecular weight excluding hydrogens is 384 g/mol. The van der Waals surface area contributed by atoms with E-state index < -0.39 is 35.6 Å². The number of esters is 1. The summed E-state index contributed by atoms with van der Waals surface area (Å²) in [6, 6.07) is -1.99. The Morgan fingerprint density at radius 2 is 1.41 bits per heavy atom. The van der Waals surface area contributed by atoms with Gasteiger partial charge in [-0.3, -0.25) is 19.2 Å². The van der Waals surface area contributed by atoms with Gasteiger partial charge in [0.2, 0.25) is 0 Å². The molecule has 0 radical (unpaired) electrons. The van der Waals surface area contributed by atoms with Crippen LogP contribution in [0.4, 0.5) is 0 Å². The summed E-state index contributed by atoms with van der Waals surface area (Å²) in [7, 11) is 1.23. The van der Waals surface area contributed by atoms with Crippen LogP contribution in [0.5, 0.6) is 0 Å². The van der Waals surface area contributed by atoms with E-state index in [9.17, 15) is 19.2 Å². The number of aromatic amines is 2. The van der Waals surface area contributed by atoms with E-state index in [2.05, 4.69) is 24.7 Å². The highest BCUT2D eigenvalue weighted by Gasteiger charge is 2.19. The molecule has 2 aromatic heterocycles. The molecule has 0 saturated heterocycles. The van der Waals surface area contributed by atoms with Gasteiger partial charge in [-0.1, -0.05) is 0 Å². The van der Waals surface area contributed by atoms with Crippen molar-refractivity contribution < 1.29 is 29.0 Å². The highest BCUT2D eigenvalue weighted by atomic mass is 16.5. The monoisotopic (exact) mass is 406 g/mol. The number of hydrogen-bond donors (Lipinski definition) is 5. The highest BCUT2D eigenvalue weighted by molar-refractivity contribution is 5.99. The van der Waals surface area contributed by atoms with Gasteiger partial charge in [0.05, 0.1) is 7.11 Å². The van der Waals surface area contributed by atoms with Crippen molar-refractivity contribution in [2.75, 3.05) is 7.11 Å². The summed E-state index contributed by atoms with van der Waals surface area (Å²) < 4.78 is 4.53. The Hall–Kier alpha value is -3.38. The number of imidazole rings is 2. The van der Waals surface area contributed by atoms with Crippen LogP contribution in [-0.2, 0) is 27.2 Å². The summed E-state index contributed by atoms with van der Waals surface area (Å²) in [5.41, 5.74) is 12.0. The number of ketones is 2. The van der Waals surface area contributed by atoms with Gasteiger partial charge >= 0.3 is 11.9 Å². The maximum atomic E-state index is 12.2. The molecule has 2 unspecified atom stereocenters. The average Bonchev–Trinajstić information content (AvgIpc) is 3.34. The fourth-order valence-corrected chi connectivity index (χ4v) is 2.47. The van der Waals surface area contributed by atoms with Crippen molar-refractivity contribution in [2.24, 2.45) is 11.5 Å². The quantitative estimate of drug-likeness (QED) is 0.226. The van der Waals surface area contributed by atoms with Crippen LogP contribution in [0, 0.1) is 0 Å². The summed E-state index contributed by atoms with van der Waals surface area (Å²) in [5, 5.41) is 8.80. The zero-order valence-corrected chi connectivity index (χ0v) is 15.7. The van der Waals surface area contributed by atoms with Gasteiger partial charge in [-0.2, -0.15) is 0 Å². The second-order valence-corrected chi connectivity index (χ2v) is 6.34. The van der Waals surface area contributed by atoms with Gasteiger partial charge in [-0.15, -0.1) is 0 Å². The molecule has 0 fully saturated rings. The first kappa shape index (κ1) is 21.9. The number of nitrogens with one attached hydrogen (secondary N) is 2. The number of aromatic nitrogens is 4. The lowest BCUT2D eigenvalue weighted by Crippen LogP contribution is -2.33. The van der Waals surface area contributed by atoms with Gasteiger partial charge in [0.15, 0.2) is 23.2 Å². The normalized spacial score (nSPS) is 12.9. The minimum Gasteiger partial charge on any atom is -0.480 e. The van der Waals surface area contributed by atoms with Crippen LogP contribution in [0.1, 0.15) is 45.5 Å². The summed E-state index contributed by atoms with van der Waals surface area (Å²) in [4.78, 5) is 59.8. The first-order valence-electron chi connectivity index (χ1n) is 8.67. The van der Waals surface area contributed by atoms with E-state index in [1.165, 1.54) is 19.5 Å². The summed E-state index contributed by atoms with van der Waals surface area (Å²) >= 11 is 0. The van der Waals surface area contributed by atoms with Gasteiger partial charge < -0.3 is 31.3 Å². The van der Waals surface area contributed by atoms with Crippen LogP contribution in [-0.4, -0.2) is 67.7 Å². The maximum Gasteiger partial charge on any atom is 0.323 e. The first-order valence-corrected chi connectivity index (χ1v) is 8.67. The number of aliphatic carboxylic acids is 1. The van der Waals surface area contributed by atoms with Crippen molar-refractivity contribution >= 4 is 23.5 Å². The molecule has 0 amide bonds. The summed E-state index contributed by atoms with van der Waals surface area (Å²) in [6.45, 7) is 0. The van der Waals surface area contributed by atoms with Crippen LogP contribution >= 0.6 is 0 Å². The molecule has 12 nitrogen and oxygen atoms in total. The van der Waals surface area contributed by atoms with Crippen LogP contribution in [0.15, 0.2) is 12.4 Å². The van der Waals surface area contributed by atoms with Crippen molar-refractivity contribution in [1.82, 2.24) is 19.9 Å². The summed E-state index contributed by atoms with van der Waals surface area (Å²) in [6.07, 6.45) is 2.62. The van der Waals surface area contributed by atoms with Gasteiger partial charge in [0.1, 0.15) is 12.1 Å². The standard InChI is InChI=1S/C17H22N6O6/c1-29-17(28)11(19)5-9-7-21-15(23-9)13(25)3-2-12(24)14-20-6-8(22-14)4-10(18)16(26)27/h6-7,10-11H,2-5,18-19H2,1H3,(H,20,22)(H,21,23)(H,26,27). The van der Waals surface area contributed by atoms with Gasteiger partial charge in [0, 0.05) is 49.5 Å². The maximum absolute atomic E-state index is 12.2. The lowest BCUT2D eigenvalue weighted by molar-refractivity contribution is -0.142. The number of Topliss-reactive ketones (excluding diaryl/α,β-unsaturated/α-hetero) is 2. The lowest BCUT2D eigenvalue weighted by atomic mass is 10.1. The van der Waals surface area contributed by atoms with Gasteiger partial charge in [-0.05, 0) is 0 Å². The van der Waals surface area contributed by atoms with Crippen LogP contribution < -0.4 is 11.5 Å². The van der Waals surface area contributed by atoms with Crippen molar-refractivity contribution in [3.63, 3.8) is 0 Å². The van der Waals surface area contributed by atoms with E-state index in [4.69, 9.17) is 16.6 Å². The molecule has 0 aliphatic carbocycles. The van der Waals surface area contributed by atoms with E-state index in [-0.39, 0.29) is 37.3 Å². The van der Waals surface area contributed by atoms with E-state index in [0.29, 0.717) is 11.4 Å². The van der Waals surface area contributed by atoms with Crippen molar-refractivity contribution in [3.05, 3.63) is 35.4 Å². The molecule has 2 atom stereocenters. The van der Waals surface area contributed by atoms with E-state index >= 15 is 0 Å². The molecule has 2 rings (SSSR count). The molecule has 0 aromatic carbocycles. The molecule has 0 aliphatic rings. The van der Waals surface area contributed by atoms with E-state index in [1.54, 1.807) is 0 Å². The average molecular weight is 406 g/mol. The number of rotatable bonds is 11. The predicted octanol–water partition coefficient (Wildman–Crippen LogP) is -1.02. The number of H-pyrrole nitrogens is 2. The van der Waals surface area contributed by atoms with E-state index in [0.717, 1.165) is 0 Å². The number of hydrogen-bond acceptors (Lipinski definition) is 9. The zero-order chi connectivity index (χ0) is 21.6. The molecule has 12 heteroatoms. The number of nitrogens with two attached hydrogens (primary N) is 2. The Bertz CT molecular complexity index is 904. The molecule has 29 heavy (non-hydrogen) atoms. The molecular formula is C17H22N6O6. The minimum absolute atomic E-state index is 0.00255. The van der Waals surface area contributed by atoms with Crippen molar-refractivity contribution in [3.8, 4) is 0 Å². The first-order chi connectivity index (χ1) is 13.7. The Balaban J connectivity index is 1.88. The highest BCUT2D eigenvalue weighted by Crippen LogP contribution is 2.09. The largest absolute Gasteiger partial charge is 0.480 e. The van der Waals surface area contributed by atoms with Crippen LogP contribution in [0.25, 0.3) is 0 Å². The van der Waals surface area contributed by atoms with E-state index in [1.807, 2.05) is 0 Å². The Morgan fingerprint density at radius 1 is 0.966 bits per heavy atom. The zero-order valence-electron chi connectivity index (χ0n) is 15.7. The van der Waals surface area contributed by atoms with Crippen molar-refractivity contribution in [2.45, 2.75) is 37.8 Å². The second-order valence-electron chi connectivity index (χ2n) is 6.34. The Morgan fingerprint density at radius 3 is 1.83 bits per heavy atom. The number of ether oxygens (including phenoxy) is 1. The Labute approximate surface area is 165 Å². The third-order valence-corrected chi connectivity index (χ3v) is 4.07. The topological polar surface area (TPSA) is 207 Å². The number of carbonyl (C=O) groups excluding carboxylic acids is 3. The number of carboxylic acids is 1. The molecule has 2 aromatic rings. The molecule has 0 aliphatic heterocycles. The minimum atomic E-state index is -1.16. The van der Waals surface area contributed by atoms with Gasteiger partial charge in [0.25, 0.3) is 0 Å². The number of methoxy groups -OCH3 is 1. The molecule has 2 heterocycles. The summed E-state index contributed by atoms with van der Waals surface area (Å²) in [5.74, 6) is -2.47. The van der Waals surface area contributed by atoms with Crippen LogP contribution in [0.2, 0.25) is 0 Å². The number of nitrogens with zero attached hydrogens (tertiary/aromatic N) is 2. The predicted molar refractivity (Wildman–Crippen MR) is 98.1 cm³/mol. The molecule has 0 saturated carbocycles. The fourth-order valence-electron chi connectivity index (χ4n) is 2.47. The van der Waals surface area contributed by atoms with Crippen molar-refractivity contribution in [1.29, 1.82) is 0 Å². The van der Waals surface area contributed by atoms with Gasteiger partial charge in [-0.25, -0.2) is 9.97 Å². The second kappa shape index (κ2) is 9.71. The number of carboxylic acid groups (broad SMARTS) is 1. The Kier molecular flexibility index (Phi) is 7.33. The third kappa shape index (κ3) is 6.05. The third-order valence-electron chi connectivity index (χ3n) is 4.07. The SMILES string of the molecule is COC(=O)C(N)Cc1cnc(C(=O)CCC(=O)c2ncc(CC(N)C(=O)O)[nH]2)[nH]1. The van der Waals surface area contributed by atoms with Crippen LogP contribution in [0.3, 0.4) is 0 Å².